The molecule has 0 aliphatic carbocycles. The average molecular weight is 677 g/mol. The first-order valence-electron chi connectivity index (χ1n) is 8.12. The Morgan fingerprint density at radius 3 is 2.48 bits per heavy atom. The molecule has 0 spiro atoms. The number of anilines is 1. The maximum absolute atomic E-state index is 13.3. The average Bonchev–Trinajstić information content (AvgIpc) is 3.15. The van der Waals surface area contributed by atoms with Gasteiger partial charge >= 0.3 is 6.18 Å². The van der Waals surface area contributed by atoms with Gasteiger partial charge in [0.25, 0.3) is 11.8 Å². The van der Waals surface area contributed by atoms with Gasteiger partial charge in [0.15, 0.2) is 11.5 Å². The number of aromatic nitrogens is 3. The second-order valence-electron chi connectivity index (χ2n) is 5.87. The molecule has 0 aliphatic heterocycles. The monoisotopic (exact) mass is 676 g/mol. The highest BCUT2D eigenvalue weighted by atomic mass is 127. The summed E-state index contributed by atoms with van der Waals surface area (Å²) >= 11 is 9.89. The molecular weight excluding hydrogens is 666 g/mol. The summed E-state index contributed by atoms with van der Waals surface area (Å²) in [4.78, 5) is 29.0. The van der Waals surface area contributed by atoms with Crippen molar-refractivity contribution < 1.29 is 22.8 Å². The number of hydrogen-bond donors (Lipinski definition) is 3. The molecule has 0 radical (unpaired) electrons. The summed E-state index contributed by atoms with van der Waals surface area (Å²) in [5, 5.41) is 5.92. The maximum Gasteiger partial charge on any atom is 0.435 e. The number of pyridine rings is 1. The van der Waals surface area contributed by atoms with Crippen LogP contribution in [0.15, 0.2) is 36.5 Å². The molecule has 3 aromatic rings. The highest BCUT2D eigenvalue weighted by Gasteiger charge is 2.36. The van der Waals surface area contributed by atoms with Gasteiger partial charge in [0.05, 0.1) is 16.3 Å². The zero-order valence-electron chi connectivity index (χ0n) is 15.0. The third-order valence-electron chi connectivity index (χ3n) is 3.84. The van der Waals surface area contributed by atoms with Gasteiger partial charge in [0.1, 0.15) is 5.69 Å². The van der Waals surface area contributed by atoms with Crippen molar-refractivity contribution in [2.75, 3.05) is 5.32 Å². The number of alkyl halides is 3. The standard InChI is InChI=1S/C17H10ClF3I2N6O2/c18-9-2-1-3-25-14(9)29-11(6-12(28-29)17(19,20)21)16(31)26-13-8(15(30)27-24)4-7(22)5-10(13)23/h1-6H,24H2,(H,26,31)(H,27,30). The van der Waals surface area contributed by atoms with Crippen molar-refractivity contribution in [3.05, 3.63) is 65.6 Å². The molecule has 0 bridgehead atoms. The zero-order valence-corrected chi connectivity index (χ0v) is 20.0. The van der Waals surface area contributed by atoms with Crippen molar-refractivity contribution >= 4 is 74.3 Å². The summed E-state index contributed by atoms with van der Waals surface area (Å²) in [7, 11) is 0. The third kappa shape index (κ3) is 5.09. The number of rotatable bonds is 4. The first-order valence-corrected chi connectivity index (χ1v) is 10.7. The summed E-state index contributed by atoms with van der Waals surface area (Å²) in [5.41, 5.74) is 0.278. The van der Waals surface area contributed by atoms with E-state index in [1.807, 2.05) is 50.6 Å². The lowest BCUT2D eigenvalue weighted by molar-refractivity contribution is -0.141. The van der Waals surface area contributed by atoms with Crippen LogP contribution in [0.2, 0.25) is 5.02 Å². The van der Waals surface area contributed by atoms with E-state index in [-0.39, 0.29) is 22.1 Å². The van der Waals surface area contributed by atoms with Crippen molar-refractivity contribution in [2.45, 2.75) is 6.18 Å². The number of nitrogens with one attached hydrogen (secondary N) is 2. The second-order valence-corrected chi connectivity index (χ2v) is 8.69. The highest BCUT2D eigenvalue weighted by molar-refractivity contribution is 14.1. The lowest BCUT2D eigenvalue weighted by Gasteiger charge is -2.14. The predicted molar refractivity (Wildman–Crippen MR) is 123 cm³/mol. The van der Waals surface area contributed by atoms with Crippen molar-refractivity contribution in [1.82, 2.24) is 20.2 Å². The first-order chi connectivity index (χ1) is 14.5. The molecule has 2 aromatic heterocycles. The van der Waals surface area contributed by atoms with E-state index in [1.54, 1.807) is 6.07 Å². The number of nitrogens with two attached hydrogens (primary N) is 1. The molecule has 0 aliphatic rings. The molecule has 8 nitrogen and oxygen atoms in total. The fourth-order valence-corrected chi connectivity index (χ4v) is 4.69. The summed E-state index contributed by atoms with van der Waals surface area (Å²) in [6, 6.07) is 6.58. The lowest BCUT2D eigenvalue weighted by atomic mass is 10.1. The van der Waals surface area contributed by atoms with Gasteiger partial charge in [-0.25, -0.2) is 15.5 Å². The van der Waals surface area contributed by atoms with E-state index < -0.39 is 29.4 Å². The number of benzene rings is 1. The maximum atomic E-state index is 13.3. The predicted octanol–water partition coefficient (Wildman–Crippen LogP) is 4.00. The Balaban J connectivity index is 2.12. The molecular formula is C17H10ClF3I2N6O2. The van der Waals surface area contributed by atoms with Gasteiger partial charge in [-0.15, -0.1) is 0 Å². The molecule has 2 amide bonds. The van der Waals surface area contributed by atoms with Crippen LogP contribution in [0.1, 0.15) is 26.5 Å². The Bertz CT molecular complexity index is 1190. The van der Waals surface area contributed by atoms with Gasteiger partial charge in [-0.2, -0.15) is 18.3 Å². The second kappa shape index (κ2) is 9.25. The largest absolute Gasteiger partial charge is 0.435 e. The Kier molecular flexibility index (Phi) is 7.07. The van der Waals surface area contributed by atoms with Gasteiger partial charge < -0.3 is 5.32 Å². The van der Waals surface area contributed by atoms with Crippen LogP contribution < -0.4 is 16.6 Å². The molecule has 0 fully saturated rings. The van der Waals surface area contributed by atoms with E-state index >= 15 is 0 Å². The first kappa shape index (κ1) is 23.7. The number of hydrogen-bond acceptors (Lipinski definition) is 5. The van der Waals surface area contributed by atoms with Gasteiger partial charge in [0, 0.05) is 19.4 Å². The SMILES string of the molecule is NNC(=O)c1cc(I)cc(I)c1NC(=O)c1cc(C(F)(F)F)nn1-c1ncccc1Cl. The summed E-state index contributed by atoms with van der Waals surface area (Å²) in [5.74, 6) is 3.39. The van der Waals surface area contributed by atoms with Crippen LogP contribution in [0.25, 0.3) is 5.82 Å². The summed E-state index contributed by atoms with van der Waals surface area (Å²) in [6.07, 6.45) is -3.52. The molecule has 2 heterocycles. The quantitative estimate of drug-likeness (QED) is 0.167. The van der Waals surface area contributed by atoms with E-state index in [1.165, 1.54) is 24.4 Å². The van der Waals surface area contributed by atoms with E-state index in [0.717, 1.165) is 0 Å². The minimum Gasteiger partial charge on any atom is -0.319 e. The van der Waals surface area contributed by atoms with Crippen LogP contribution in [0.4, 0.5) is 18.9 Å². The zero-order chi connectivity index (χ0) is 22.9. The summed E-state index contributed by atoms with van der Waals surface area (Å²) < 4.78 is 41.7. The minimum absolute atomic E-state index is 0.0135. The number of halogens is 6. The molecule has 0 saturated carbocycles. The Morgan fingerprint density at radius 1 is 1.16 bits per heavy atom. The third-order valence-corrected chi connectivity index (χ3v) is 5.61. The van der Waals surface area contributed by atoms with Crippen molar-refractivity contribution in [2.24, 2.45) is 5.84 Å². The highest BCUT2D eigenvalue weighted by Crippen LogP contribution is 2.31. The van der Waals surface area contributed by atoms with E-state index in [2.05, 4.69) is 15.4 Å². The molecule has 1 aromatic carbocycles. The lowest BCUT2D eigenvalue weighted by Crippen LogP contribution is -2.31. The van der Waals surface area contributed by atoms with Crippen molar-refractivity contribution in [3.8, 4) is 5.82 Å². The molecule has 0 saturated heterocycles. The Hall–Kier alpha value is -1.98. The van der Waals surface area contributed by atoms with Crippen LogP contribution >= 0.6 is 56.8 Å². The normalized spacial score (nSPS) is 11.3. The van der Waals surface area contributed by atoms with Crippen LogP contribution in [0.5, 0.6) is 0 Å². The Labute approximate surface area is 205 Å². The van der Waals surface area contributed by atoms with Crippen LogP contribution in [0, 0.1) is 7.14 Å². The van der Waals surface area contributed by atoms with Crippen LogP contribution in [0.3, 0.4) is 0 Å². The number of nitrogens with zero attached hydrogens (tertiary/aromatic N) is 3. The molecule has 0 atom stereocenters. The molecule has 3 rings (SSSR count). The smallest absolute Gasteiger partial charge is 0.319 e. The van der Waals surface area contributed by atoms with Crippen molar-refractivity contribution in [3.63, 3.8) is 0 Å². The molecule has 31 heavy (non-hydrogen) atoms. The number of nitrogen functional groups attached to an aromatic ring is 1. The fourth-order valence-electron chi connectivity index (χ4n) is 2.51. The number of carbonyl (C=O) groups excluding carboxylic acids is 2. The minimum atomic E-state index is -4.82. The van der Waals surface area contributed by atoms with Gasteiger partial charge in [-0.1, -0.05) is 11.6 Å². The molecule has 4 N–H and O–H groups in total. The van der Waals surface area contributed by atoms with Gasteiger partial charge in [-0.3, -0.25) is 15.0 Å². The van der Waals surface area contributed by atoms with Crippen LogP contribution in [-0.4, -0.2) is 26.6 Å². The van der Waals surface area contributed by atoms with E-state index in [4.69, 9.17) is 17.4 Å². The number of hydrazine groups is 1. The van der Waals surface area contributed by atoms with Gasteiger partial charge in [-0.05, 0) is 69.4 Å². The van der Waals surface area contributed by atoms with Gasteiger partial charge in [0.2, 0.25) is 0 Å². The topological polar surface area (TPSA) is 115 Å². The van der Waals surface area contributed by atoms with Crippen LogP contribution in [-0.2, 0) is 6.18 Å². The molecule has 162 valence electrons. The van der Waals surface area contributed by atoms with Crippen molar-refractivity contribution in [1.29, 1.82) is 0 Å². The number of carbonyl (C=O) groups is 2. The fraction of sp³-hybridized carbons (Fsp3) is 0.0588. The molecule has 0 unspecified atom stereocenters. The summed E-state index contributed by atoms with van der Waals surface area (Å²) in [6.45, 7) is 0. The van der Waals surface area contributed by atoms with E-state index in [9.17, 15) is 22.8 Å². The Morgan fingerprint density at radius 2 is 1.87 bits per heavy atom. The number of amides is 2. The van der Waals surface area contributed by atoms with E-state index in [0.29, 0.717) is 17.9 Å². The molecule has 14 heteroatoms.